The number of nitrogens with one attached hydrogen (secondary N) is 1. The molecule has 2 unspecified atom stereocenters. The number of hydrogen-bond donors (Lipinski definition) is 2. The highest BCUT2D eigenvalue weighted by atomic mass is 16.3. The van der Waals surface area contributed by atoms with Gasteiger partial charge in [0, 0.05) is 12.1 Å². The third kappa shape index (κ3) is 3.08. The molecule has 3 atom stereocenters. The third-order valence-corrected chi connectivity index (χ3v) is 3.85. The summed E-state index contributed by atoms with van der Waals surface area (Å²) in [6.07, 6.45) is 4.26. The molecule has 0 saturated heterocycles. The Hall–Kier alpha value is -0.860. The molecular formula is C15H23NO. The Bertz CT molecular complexity index is 364. The Labute approximate surface area is 104 Å². The van der Waals surface area contributed by atoms with Gasteiger partial charge in [-0.2, -0.15) is 0 Å². The highest BCUT2D eigenvalue weighted by Crippen LogP contribution is 2.23. The zero-order valence-corrected chi connectivity index (χ0v) is 10.8. The van der Waals surface area contributed by atoms with Gasteiger partial charge in [-0.1, -0.05) is 37.1 Å². The third-order valence-electron chi connectivity index (χ3n) is 3.85. The van der Waals surface area contributed by atoms with Crippen molar-refractivity contribution in [2.45, 2.75) is 57.7 Å². The van der Waals surface area contributed by atoms with Crippen LogP contribution in [0.15, 0.2) is 24.3 Å². The zero-order chi connectivity index (χ0) is 12.3. The van der Waals surface area contributed by atoms with Crippen molar-refractivity contribution < 1.29 is 5.11 Å². The van der Waals surface area contributed by atoms with E-state index in [0.717, 1.165) is 19.3 Å². The van der Waals surface area contributed by atoms with Gasteiger partial charge in [0.2, 0.25) is 0 Å². The number of hydrogen-bond acceptors (Lipinski definition) is 2. The first-order valence-electron chi connectivity index (χ1n) is 6.68. The van der Waals surface area contributed by atoms with Gasteiger partial charge in [0.15, 0.2) is 0 Å². The first kappa shape index (κ1) is 12.6. The molecule has 94 valence electrons. The zero-order valence-electron chi connectivity index (χ0n) is 10.8. The average molecular weight is 233 g/mol. The van der Waals surface area contributed by atoms with Gasteiger partial charge in [-0.25, -0.2) is 0 Å². The Morgan fingerprint density at radius 1 is 1.24 bits per heavy atom. The minimum Gasteiger partial charge on any atom is -0.392 e. The van der Waals surface area contributed by atoms with Crippen molar-refractivity contribution in [1.82, 2.24) is 5.32 Å². The van der Waals surface area contributed by atoms with Gasteiger partial charge in [0.05, 0.1) is 6.10 Å². The van der Waals surface area contributed by atoms with E-state index in [4.69, 9.17) is 0 Å². The summed E-state index contributed by atoms with van der Waals surface area (Å²) in [4.78, 5) is 0. The van der Waals surface area contributed by atoms with E-state index in [1.54, 1.807) is 0 Å². The smallest absolute Gasteiger partial charge is 0.0693 e. The second-order valence-electron chi connectivity index (χ2n) is 5.20. The summed E-state index contributed by atoms with van der Waals surface area (Å²) in [5.41, 5.74) is 2.66. The number of benzene rings is 1. The Morgan fingerprint density at radius 3 is 2.65 bits per heavy atom. The molecule has 1 aliphatic rings. The van der Waals surface area contributed by atoms with E-state index < -0.39 is 0 Å². The summed E-state index contributed by atoms with van der Waals surface area (Å²) in [5.74, 6) is 0. The van der Waals surface area contributed by atoms with Gasteiger partial charge in [-0.3, -0.25) is 0 Å². The number of aliphatic hydroxyl groups is 1. The van der Waals surface area contributed by atoms with Crippen LogP contribution in [0.2, 0.25) is 0 Å². The van der Waals surface area contributed by atoms with Crippen LogP contribution in [0, 0.1) is 6.92 Å². The van der Waals surface area contributed by atoms with Crippen LogP contribution in [-0.4, -0.2) is 17.3 Å². The Balaban J connectivity index is 2.01. The molecule has 2 N–H and O–H groups in total. The maximum Gasteiger partial charge on any atom is 0.0693 e. The molecule has 1 aromatic carbocycles. The summed E-state index contributed by atoms with van der Waals surface area (Å²) in [6.45, 7) is 4.33. The maximum atomic E-state index is 9.97. The molecule has 0 spiro atoms. The van der Waals surface area contributed by atoms with E-state index in [1.165, 1.54) is 17.5 Å². The van der Waals surface area contributed by atoms with Crippen LogP contribution in [0.5, 0.6) is 0 Å². The van der Waals surface area contributed by atoms with E-state index >= 15 is 0 Å². The monoisotopic (exact) mass is 233 g/mol. The minimum atomic E-state index is -0.171. The molecule has 17 heavy (non-hydrogen) atoms. The predicted molar refractivity (Wildman–Crippen MR) is 71.0 cm³/mol. The Morgan fingerprint density at radius 2 is 1.94 bits per heavy atom. The molecule has 2 nitrogen and oxygen atoms in total. The molecule has 0 aromatic heterocycles. The molecule has 0 bridgehead atoms. The van der Waals surface area contributed by atoms with Crippen LogP contribution < -0.4 is 5.32 Å². The molecular weight excluding hydrogens is 210 g/mol. The van der Waals surface area contributed by atoms with Crippen molar-refractivity contribution in [3.63, 3.8) is 0 Å². The highest BCUT2D eigenvalue weighted by Gasteiger charge is 2.24. The van der Waals surface area contributed by atoms with Crippen LogP contribution in [0.25, 0.3) is 0 Å². The SMILES string of the molecule is Cc1ccccc1[C@H](C)NC1CCCCC1O. The largest absolute Gasteiger partial charge is 0.392 e. The van der Waals surface area contributed by atoms with Crippen LogP contribution in [-0.2, 0) is 0 Å². The lowest BCUT2D eigenvalue weighted by molar-refractivity contribution is 0.0859. The quantitative estimate of drug-likeness (QED) is 0.841. The van der Waals surface area contributed by atoms with E-state index in [2.05, 4.69) is 43.4 Å². The molecule has 0 radical (unpaired) electrons. The van der Waals surface area contributed by atoms with Crippen molar-refractivity contribution in [3.8, 4) is 0 Å². The summed E-state index contributed by atoms with van der Waals surface area (Å²) >= 11 is 0. The van der Waals surface area contributed by atoms with Crippen LogP contribution in [0.4, 0.5) is 0 Å². The van der Waals surface area contributed by atoms with Gasteiger partial charge in [-0.15, -0.1) is 0 Å². The fraction of sp³-hybridized carbons (Fsp3) is 0.600. The van der Waals surface area contributed by atoms with E-state index in [1.807, 2.05) is 0 Å². The molecule has 0 amide bonds. The minimum absolute atomic E-state index is 0.171. The van der Waals surface area contributed by atoms with Crippen molar-refractivity contribution >= 4 is 0 Å². The van der Waals surface area contributed by atoms with Gasteiger partial charge in [0.25, 0.3) is 0 Å². The lowest BCUT2D eigenvalue weighted by Gasteiger charge is -2.31. The first-order valence-corrected chi connectivity index (χ1v) is 6.68. The van der Waals surface area contributed by atoms with Gasteiger partial charge in [0.1, 0.15) is 0 Å². The lowest BCUT2D eigenvalue weighted by Crippen LogP contribution is -2.43. The first-order chi connectivity index (χ1) is 8.18. The maximum absolute atomic E-state index is 9.97. The predicted octanol–water partition coefficient (Wildman–Crippen LogP) is 2.95. The van der Waals surface area contributed by atoms with Crippen molar-refractivity contribution in [1.29, 1.82) is 0 Å². The fourth-order valence-electron chi connectivity index (χ4n) is 2.79. The lowest BCUT2D eigenvalue weighted by atomic mass is 9.91. The molecule has 2 heteroatoms. The standard InChI is InChI=1S/C15H23NO/c1-11-7-3-4-8-13(11)12(2)16-14-9-5-6-10-15(14)17/h3-4,7-8,12,14-17H,5-6,9-10H2,1-2H3/t12-,14?,15?/m0/s1. The highest BCUT2D eigenvalue weighted by molar-refractivity contribution is 5.28. The van der Waals surface area contributed by atoms with E-state index in [9.17, 15) is 5.11 Å². The molecule has 1 saturated carbocycles. The summed E-state index contributed by atoms with van der Waals surface area (Å²) in [6, 6.07) is 9.04. The normalized spacial score (nSPS) is 26.8. The molecule has 2 rings (SSSR count). The molecule has 0 aliphatic heterocycles. The second kappa shape index (κ2) is 5.65. The van der Waals surface area contributed by atoms with Gasteiger partial charge < -0.3 is 10.4 Å². The van der Waals surface area contributed by atoms with Crippen LogP contribution in [0.1, 0.15) is 49.8 Å². The van der Waals surface area contributed by atoms with Crippen molar-refractivity contribution in [3.05, 3.63) is 35.4 Å². The second-order valence-corrected chi connectivity index (χ2v) is 5.20. The van der Waals surface area contributed by atoms with Crippen LogP contribution >= 0.6 is 0 Å². The van der Waals surface area contributed by atoms with E-state index in [0.29, 0.717) is 6.04 Å². The number of aryl methyl sites for hydroxylation is 1. The molecule has 0 heterocycles. The van der Waals surface area contributed by atoms with E-state index in [-0.39, 0.29) is 12.1 Å². The Kier molecular flexibility index (Phi) is 4.19. The number of aliphatic hydroxyl groups excluding tert-OH is 1. The number of rotatable bonds is 3. The topological polar surface area (TPSA) is 32.3 Å². The average Bonchev–Trinajstić information content (AvgIpc) is 2.32. The molecule has 1 aromatic rings. The van der Waals surface area contributed by atoms with Gasteiger partial charge in [-0.05, 0) is 37.8 Å². The molecule has 1 aliphatic carbocycles. The summed E-state index contributed by atoms with van der Waals surface area (Å²) in [5, 5.41) is 13.5. The van der Waals surface area contributed by atoms with Crippen molar-refractivity contribution in [2.24, 2.45) is 0 Å². The van der Waals surface area contributed by atoms with Gasteiger partial charge >= 0.3 is 0 Å². The fourth-order valence-corrected chi connectivity index (χ4v) is 2.79. The van der Waals surface area contributed by atoms with Crippen LogP contribution in [0.3, 0.4) is 0 Å². The van der Waals surface area contributed by atoms with Crippen molar-refractivity contribution in [2.75, 3.05) is 0 Å². The summed E-state index contributed by atoms with van der Waals surface area (Å²) < 4.78 is 0. The molecule has 1 fully saturated rings. The summed E-state index contributed by atoms with van der Waals surface area (Å²) in [7, 11) is 0.